The number of hydrogen-bond donors (Lipinski definition) is 0. The summed E-state index contributed by atoms with van der Waals surface area (Å²) in [6.07, 6.45) is 7.19. The zero-order valence-corrected chi connectivity index (χ0v) is 13.2. The lowest BCUT2D eigenvalue weighted by molar-refractivity contribution is 0.0679. The number of piperidine rings is 1. The molecule has 116 valence electrons. The highest BCUT2D eigenvalue weighted by molar-refractivity contribution is 6.36. The Balaban J connectivity index is 1.81. The molecule has 1 aromatic carbocycles. The number of aromatic nitrogens is 2. The zero-order chi connectivity index (χ0) is 15.7. The maximum absolute atomic E-state index is 13.6. The average Bonchev–Trinajstić information content (AvgIpc) is 3.05. The minimum atomic E-state index is -0.641. The summed E-state index contributed by atoms with van der Waals surface area (Å²) in [7, 11) is 0. The monoisotopic (exact) mass is 341 g/mol. The number of carbonyl (C=O) groups is 1. The fourth-order valence-electron chi connectivity index (χ4n) is 2.72. The van der Waals surface area contributed by atoms with Crippen LogP contribution in [-0.4, -0.2) is 33.4 Å². The third-order valence-electron chi connectivity index (χ3n) is 3.87. The van der Waals surface area contributed by atoms with E-state index in [0.29, 0.717) is 13.1 Å². The molecule has 0 N–H and O–H groups in total. The first-order valence-electron chi connectivity index (χ1n) is 6.97. The molecule has 4 nitrogen and oxygen atoms in total. The maximum atomic E-state index is 13.6. The van der Waals surface area contributed by atoms with Crippen LogP contribution in [0.2, 0.25) is 10.0 Å². The number of amides is 1. The topological polar surface area (TPSA) is 38.1 Å². The summed E-state index contributed by atoms with van der Waals surface area (Å²) in [6.45, 7) is 1.18. The average molecular weight is 342 g/mol. The lowest BCUT2D eigenvalue weighted by Gasteiger charge is -2.33. The van der Waals surface area contributed by atoms with Gasteiger partial charge in [-0.15, -0.1) is 0 Å². The van der Waals surface area contributed by atoms with Crippen LogP contribution in [0.1, 0.15) is 29.2 Å². The number of imidazole rings is 1. The largest absolute Gasteiger partial charge is 0.337 e. The van der Waals surface area contributed by atoms with E-state index < -0.39 is 5.82 Å². The van der Waals surface area contributed by atoms with Gasteiger partial charge in [-0.2, -0.15) is 0 Å². The van der Waals surface area contributed by atoms with E-state index in [4.69, 9.17) is 23.2 Å². The number of rotatable bonds is 2. The normalized spacial score (nSPS) is 18.5. The van der Waals surface area contributed by atoms with Gasteiger partial charge in [0.1, 0.15) is 5.82 Å². The molecule has 1 saturated heterocycles. The minimum Gasteiger partial charge on any atom is -0.337 e. The zero-order valence-electron chi connectivity index (χ0n) is 11.7. The molecule has 1 fully saturated rings. The van der Waals surface area contributed by atoms with Crippen molar-refractivity contribution in [2.75, 3.05) is 13.1 Å². The minimum absolute atomic E-state index is 0.0866. The van der Waals surface area contributed by atoms with Gasteiger partial charge >= 0.3 is 0 Å². The van der Waals surface area contributed by atoms with Gasteiger partial charge in [-0.25, -0.2) is 9.37 Å². The van der Waals surface area contributed by atoms with Gasteiger partial charge in [-0.1, -0.05) is 23.2 Å². The predicted octanol–water partition coefficient (Wildman–Crippen LogP) is 3.81. The number of nitrogens with zero attached hydrogens (tertiary/aromatic N) is 3. The van der Waals surface area contributed by atoms with Crippen molar-refractivity contribution in [1.82, 2.24) is 14.5 Å². The van der Waals surface area contributed by atoms with Gasteiger partial charge in [0, 0.05) is 25.5 Å². The second kappa shape index (κ2) is 6.26. The Morgan fingerprint density at radius 1 is 1.32 bits per heavy atom. The van der Waals surface area contributed by atoms with Crippen molar-refractivity contribution in [3.05, 3.63) is 52.3 Å². The Kier molecular flexibility index (Phi) is 4.36. The molecular weight excluding hydrogens is 328 g/mol. The Hall–Kier alpha value is -1.59. The van der Waals surface area contributed by atoms with Crippen LogP contribution in [0.4, 0.5) is 4.39 Å². The van der Waals surface area contributed by atoms with Crippen molar-refractivity contribution in [1.29, 1.82) is 0 Å². The molecule has 2 heterocycles. The molecule has 0 saturated carbocycles. The van der Waals surface area contributed by atoms with Crippen molar-refractivity contribution in [2.24, 2.45) is 0 Å². The first-order valence-corrected chi connectivity index (χ1v) is 7.73. The van der Waals surface area contributed by atoms with Crippen LogP contribution in [-0.2, 0) is 0 Å². The molecule has 1 atom stereocenters. The first kappa shape index (κ1) is 15.3. The molecule has 1 amide bonds. The molecule has 0 unspecified atom stereocenters. The Morgan fingerprint density at radius 2 is 2.14 bits per heavy atom. The van der Waals surface area contributed by atoms with E-state index in [0.717, 1.165) is 18.9 Å². The standard InChI is InChI=1S/C15H14Cl2FN3O/c16-12-7-13(17)14(18)6-11(12)15(22)20-4-1-2-10(8-20)21-5-3-19-9-21/h3,5-7,9-10H,1-2,4,8H2/t10-/m1/s1. The SMILES string of the molecule is O=C(c1cc(F)c(Cl)cc1Cl)N1CCC[C@@H](n2ccnc2)C1. The van der Waals surface area contributed by atoms with Crippen molar-refractivity contribution in [3.8, 4) is 0 Å². The third kappa shape index (κ3) is 2.96. The number of halogens is 3. The highest BCUT2D eigenvalue weighted by Crippen LogP contribution is 2.28. The van der Waals surface area contributed by atoms with Gasteiger partial charge < -0.3 is 9.47 Å². The van der Waals surface area contributed by atoms with Gasteiger partial charge in [-0.3, -0.25) is 4.79 Å². The van der Waals surface area contributed by atoms with Crippen molar-refractivity contribution >= 4 is 29.1 Å². The second-order valence-electron chi connectivity index (χ2n) is 5.30. The molecule has 7 heteroatoms. The molecule has 1 aliphatic heterocycles. The van der Waals surface area contributed by atoms with E-state index in [-0.39, 0.29) is 27.6 Å². The van der Waals surface area contributed by atoms with Crippen LogP contribution in [0.25, 0.3) is 0 Å². The Labute approximate surface area is 137 Å². The number of likely N-dealkylation sites (tertiary alicyclic amines) is 1. The van der Waals surface area contributed by atoms with Gasteiger partial charge in [0.25, 0.3) is 5.91 Å². The van der Waals surface area contributed by atoms with Crippen molar-refractivity contribution in [2.45, 2.75) is 18.9 Å². The smallest absolute Gasteiger partial charge is 0.255 e. The van der Waals surface area contributed by atoms with Gasteiger partial charge in [0.2, 0.25) is 0 Å². The number of carbonyl (C=O) groups excluding carboxylic acids is 1. The quantitative estimate of drug-likeness (QED) is 0.779. The molecule has 1 aromatic heterocycles. The van der Waals surface area contributed by atoms with E-state index in [2.05, 4.69) is 4.98 Å². The summed E-state index contributed by atoms with van der Waals surface area (Å²) < 4.78 is 15.6. The van der Waals surface area contributed by atoms with Crippen LogP contribution in [0, 0.1) is 5.82 Å². The molecule has 2 aromatic rings. The Morgan fingerprint density at radius 3 is 2.86 bits per heavy atom. The Bertz CT molecular complexity index is 690. The van der Waals surface area contributed by atoms with E-state index in [1.165, 1.54) is 6.07 Å². The third-order valence-corrected chi connectivity index (χ3v) is 4.47. The van der Waals surface area contributed by atoms with E-state index in [1.54, 1.807) is 17.4 Å². The molecule has 22 heavy (non-hydrogen) atoms. The lowest BCUT2D eigenvalue weighted by atomic mass is 10.0. The van der Waals surface area contributed by atoms with Gasteiger partial charge in [0.05, 0.1) is 28.0 Å². The highest BCUT2D eigenvalue weighted by atomic mass is 35.5. The van der Waals surface area contributed by atoms with Crippen LogP contribution in [0.3, 0.4) is 0 Å². The number of hydrogen-bond acceptors (Lipinski definition) is 2. The van der Waals surface area contributed by atoms with Crippen LogP contribution >= 0.6 is 23.2 Å². The summed E-state index contributed by atoms with van der Waals surface area (Å²) in [6, 6.07) is 2.55. The van der Waals surface area contributed by atoms with Crippen LogP contribution in [0.15, 0.2) is 30.9 Å². The first-order chi connectivity index (χ1) is 10.6. The maximum Gasteiger partial charge on any atom is 0.255 e. The van der Waals surface area contributed by atoms with Gasteiger partial charge in [-0.05, 0) is 25.0 Å². The summed E-state index contributed by atoms with van der Waals surface area (Å²) in [4.78, 5) is 18.3. The molecule has 0 radical (unpaired) electrons. The number of benzene rings is 1. The summed E-state index contributed by atoms with van der Waals surface area (Å²) >= 11 is 11.7. The molecular formula is C15H14Cl2FN3O. The van der Waals surface area contributed by atoms with Crippen molar-refractivity contribution in [3.63, 3.8) is 0 Å². The molecule has 0 bridgehead atoms. The summed E-state index contributed by atoms with van der Waals surface area (Å²) in [5.41, 5.74) is 0.148. The molecule has 0 spiro atoms. The van der Waals surface area contributed by atoms with Crippen LogP contribution in [0.5, 0.6) is 0 Å². The lowest BCUT2D eigenvalue weighted by Crippen LogP contribution is -2.40. The highest BCUT2D eigenvalue weighted by Gasteiger charge is 2.27. The van der Waals surface area contributed by atoms with Crippen LogP contribution < -0.4 is 0 Å². The molecule has 3 rings (SSSR count). The molecule has 1 aliphatic rings. The van der Waals surface area contributed by atoms with E-state index >= 15 is 0 Å². The fourth-order valence-corrected chi connectivity index (χ4v) is 3.19. The second-order valence-corrected chi connectivity index (χ2v) is 6.12. The molecule has 0 aliphatic carbocycles. The summed E-state index contributed by atoms with van der Waals surface area (Å²) in [5.74, 6) is -0.914. The predicted molar refractivity (Wildman–Crippen MR) is 82.8 cm³/mol. The summed E-state index contributed by atoms with van der Waals surface area (Å²) in [5, 5.41) is 0.0811. The van der Waals surface area contributed by atoms with E-state index in [1.807, 2.05) is 10.8 Å². The fraction of sp³-hybridized carbons (Fsp3) is 0.333. The van der Waals surface area contributed by atoms with E-state index in [9.17, 15) is 9.18 Å². The van der Waals surface area contributed by atoms with Gasteiger partial charge in [0.15, 0.2) is 0 Å². The van der Waals surface area contributed by atoms with Crippen molar-refractivity contribution < 1.29 is 9.18 Å².